The smallest absolute Gasteiger partial charge is 0.338 e. The van der Waals surface area contributed by atoms with Crippen LogP contribution >= 0.6 is 0 Å². The fraction of sp³-hybridized carbons (Fsp3) is 0.500. The predicted molar refractivity (Wildman–Crippen MR) is 49.6 cm³/mol. The number of rotatable bonds is 6. The molecular formula is C8H14N2O4. The third-order valence-electron chi connectivity index (χ3n) is 1.19. The van der Waals surface area contributed by atoms with Gasteiger partial charge in [-0.2, -0.15) is 0 Å². The normalized spacial score (nSPS) is 10.1. The first-order valence-electron chi connectivity index (χ1n) is 4.15. The molecule has 0 aliphatic heterocycles. The van der Waals surface area contributed by atoms with Gasteiger partial charge in [0.05, 0.1) is 0 Å². The van der Waals surface area contributed by atoms with Crippen LogP contribution in [0.25, 0.3) is 0 Å². The molecule has 0 spiro atoms. The Morgan fingerprint density at radius 3 is 2.79 bits per heavy atom. The average Bonchev–Trinajstić information content (AvgIpc) is 2.12. The second-order valence-electron chi connectivity index (χ2n) is 2.40. The maximum absolute atomic E-state index is 10.8. The summed E-state index contributed by atoms with van der Waals surface area (Å²) in [5.41, 5.74) is 1.94. The zero-order valence-corrected chi connectivity index (χ0v) is 7.95. The van der Waals surface area contributed by atoms with Crippen molar-refractivity contribution in [3.8, 4) is 0 Å². The molecule has 0 rings (SSSR count). The van der Waals surface area contributed by atoms with Crippen molar-refractivity contribution < 1.29 is 19.5 Å². The van der Waals surface area contributed by atoms with E-state index in [0.29, 0.717) is 6.54 Å². The summed E-state index contributed by atoms with van der Waals surface area (Å²) in [5.74, 6) is -1.14. The fourth-order valence-electron chi connectivity index (χ4n) is 0.635. The van der Waals surface area contributed by atoms with Crippen molar-refractivity contribution in [2.45, 2.75) is 13.3 Å². The Morgan fingerprint density at radius 2 is 2.21 bits per heavy atom. The van der Waals surface area contributed by atoms with E-state index in [1.165, 1.54) is 0 Å². The number of allylic oxidation sites excluding steroid dienone is 1. The maximum atomic E-state index is 10.8. The van der Waals surface area contributed by atoms with Crippen molar-refractivity contribution in [3.63, 3.8) is 0 Å². The van der Waals surface area contributed by atoms with Crippen molar-refractivity contribution in [2.24, 2.45) is 0 Å². The molecule has 0 radical (unpaired) electrons. The van der Waals surface area contributed by atoms with E-state index in [1.807, 2.05) is 24.6 Å². The van der Waals surface area contributed by atoms with Gasteiger partial charge in [0.2, 0.25) is 0 Å². The lowest BCUT2D eigenvalue weighted by molar-refractivity contribution is -0.144. The number of hydroxylamine groups is 1. The summed E-state index contributed by atoms with van der Waals surface area (Å²) < 4.78 is 0. The predicted octanol–water partition coefficient (Wildman–Crippen LogP) is 0.268. The summed E-state index contributed by atoms with van der Waals surface area (Å²) in [6.07, 6.45) is 4.50. The van der Waals surface area contributed by atoms with Gasteiger partial charge in [-0.3, -0.25) is 4.84 Å². The fourth-order valence-corrected chi connectivity index (χ4v) is 0.635. The first-order valence-corrected chi connectivity index (χ1v) is 4.15. The van der Waals surface area contributed by atoms with Gasteiger partial charge < -0.3 is 10.4 Å². The van der Waals surface area contributed by atoms with Crippen LogP contribution < -0.4 is 10.8 Å². The highest BCUT2D eigenvalue weighted by Gasteiger charge is 2.00. The number of amides is 2. The molecule has 80 valence electrons. The Morgan fingerprint density at radius 1 is 1.50 bits per heavy atom. The van der Waals surface area contributed by atoms with Crippen molar-refractivity contribution >= 4 is 12.0 Å². The van der Waals surface area contributed by atoms with Crippen LogP contribution in [0.1, 0.15) is 13.3 Å². The summed E-state index contributed by atoms with van der Waals surface area (Å²) in [5, 5.41) is 10.6. The number of carbonyl (C=O) groups is 2. The van der Waals surface area contributed by atoms with Crippen LogP contribution in [0.15, 0.2) is 12.2 Å². The molecule has 6 heteroatoms. The van der Waals surface area contributed by atoms with E-state index >= 15 is 0 Å². The molecule has 0 unspecified atom stereocenters. The molecule has 0 atom stereocenters. The third-order valence-corrected chi connectivity index (χ3v) is 1.19. The Hall–Kier alpha value is -1.56. The molecule has 14 heavy (non-hydrogen) atoms. The van der Waals surface area contributed by atoms with Gasteiger partial charge in [0.1, 0.15) is 0 Å². The number of carboxylic acid groups (broad SMARTS) is 1. The highest BCUT2D eigenvalue weighted by molar-refractivity contribution is 5.73. The second-order valence-corrected chi connectivity index (χ2v) is 2.40. The van der Waals surface area contributed by atoms with Crippen molar-refractivity contribution in [1.82, 2.24) is 10.8 Å². The van der Waals surface area contributed by atoms with Gasteiger partial charge in [0.15, 0.2) is 6.61 Å². The Kier molecular flexibility index (Phi) is 7.16. The number of nitrogens with one attached hydrogen (secondary N) is 2. The highest BCUT2D eigenvalue weighted by atomic mass is 16.7. The largest absolute Gasteiger partial charge is 0.479 e. The number of aliphatic carboxylic acids is 1. The van der Waals surface area contributed by atoms with Crippen LogP contribution in [-0.4, -0.2) is 30.3 Å². The van der Waals surface area contributed by atoms with Crippen LogP contribution in [0, 0.1) is 0 Å². The summed E-state index contributed by atoms with van der Waals surface area (Å²) >= 11 is 0. The summed E-state index contributed by atoms with van der Waals surface area (Å²) in [6, 6.07) is -0.546. The average molecular weight is 202 g/mol. The maximum Gasteiger partial charge on any atom is 0.338 e. The van der Waals surface area contributed by atoms with Gasteiger partial charge in [0, 0.05) is 6.54 Å². The number of urea groups is 1. The molecule has 0 saturated heterocycles. The lowest BCUT2D eigenvalue weighted by Gasteiger charge is -2.04. The van der Waals surface area contributed by atoms with Crippen LogP contribution in [0.5, 0.6) is 0 Å². The van der Waals surface area contributed by atoms with Gasteiger partial charge >= 0.3 is 12.0 Å². The Labute approximate surface area is 81.9 Å². The molecule has 0 bridgehead atoms. The first-order chi connectivity index (χ1) is 6.66. The van der Waals surface area contributed by atoms with Gasteiger partial charge in [-0.1, -0.05) is 12.2 Å². The monoisotopic (exact) mass is 202 g/mol. The van der Waals surface area contributed by atoms with Gasteiger partial charge in [-0.05, 0) is 13.3 Å². The van der Waals surface area contributed by atoms with Crippen LogP contribution in [0.3, 0.4) is 0 Å². The lowest BCUT2D eigenvalue weighted by Crippen LogP contribution is -2.36. The minimum atomic E-state index is -1.14. The summed E-state index contributed by atoms with van der Waals surface area (Å²) in [4.78, 5) is 25.1. The first kappa shape index (κ1) is 12.4. The number of hydrogen-bond acceptors (Lipinski definition) is 3. The molecule has 0 aromatic carbocycles. The number of carboxylic acids is 1. The Balaban J connectivity index is 3.32. The lowest BCUT2D eigenvalue weighted by atomic mass is 10.4. The molecule has 0 saturated carbocycles. The van der Waals surface area contributed by atoms with Crippen LogP contribution in [0.4, 0.5) is 4.79 Å². The van der Waals surface area contributed by atoms with E-state index in [0.717, 1.165) is 6.42 Å². The van der Waals surface area contributed by atoms with E-state index in [-0.39, 0.29) is 0 Å². The molecule has 0 aromatic rings. The minimum Gasteiger partial charge on any atom is -0.479 e. The third kappa shape index (κ3) is 8.54. The highest BCUT2D eigenvalue weighted by Crippen LogP contribution is 1.79. The molecule has 6 nitrogen and oxygen atoms in total. The molecule has 3 N–H and O–H groups in total. The van der Waals surface area contributed by atoms with E-state index in [4.69, 9.17) is 5.11 Å². The van der Waals surface area contributed by atoms with E-state index in [9.17, 15) is 9.59 Å². The van der Waals surface area contributed by atoms with E-state index in [1.54, 1.807) is 0 Å². The molecular weight excluding hydrogens is 188 g/mol. The van der Waals surface area contributed by atoms with E-state index in [2.05, 4.69) is 10.2 Å². The topological polar surface area (TPSA) is 87.7 Å². The van der Waals surface area contributed by atoms with Crippen molar-refractivity contribution in [3.05, 3.63) is 12.2 Å². The van der Waals surface area contributed by atoms with Crippen LogP contribution in [-0.2, 0) is 9.63 Å². The van der Waals surface area contributed by atoms with Gasteiger partial charge in [-0.15, -0.1) is 0 Å². The zero-order valence-electron chi connectivity index (χ0n) is 7.95. The molecule has 0 aromatic heterocycles. The zero-order chi connectivity index (χ0) is 10.8. The second kappa shape index (κ2) is 8.06. The molecule has 0 aliphatic carbocycles. The van der Waals surface area contributed by atoms with Crippen molar-refractivity contribution in [2.75, 3.05) is 13.2 Å². The molecule has 2 amide bonds. The summed E-state index contributed by atoms with van der Waals surface area (Å²) in [7, 11) is 0. The SMILES string of the molecule is C/C=C/CCNC(=O)NOCC(=O)O. The molecule has 0 fully saturated rings. The Bertz CT molecular complexity index is 215. The minimum absolute atomic E-state index is 0.479. The van der Waals surface area contributed by atoms with Crippen LogP contribution in [0.2, 0.25) is 0 Å². The molecule has 0 heterocycles. The van der Waals surface area contributed by atoms with Gasteiger partial charge in [0.25, 0.3) is 0 Å². The van der Waals surface area contributed by atoms with Crippen molar-refractivity contribution in [1.29, 1.82) is 0 Å². The van der Waals surface area contributed by atoms with Gasteiger partial charge in [-0.25, -0.2) is 15.1 Å². The summed E-state index contributed by atoms with van der Waals surface area (Å²) in [6.45, 7) is 1.81. The number of carbonyl (C=O) groups excluding carboxylic acids is 1. The number of hydrogen-bond donors (Lipinski definition) is 3. The quantitative estimate of drug-likeness (QED) is 0.327. The molecule has 0 aliphatic rings. The van der Waals surface area contributed by atoms with E-state index < -0.39 is 18.6 Å². The standard InChI is InChI=1S/C8H14N2O4/c1-2-3-4-5-9-8(13)10-14-6-7(11)12/h2-3H,4-6H2,1H3,(H,11,12)(H2,9,10,13)/b3-2+.